The molecule has 0 bridgehead atoms. The Morgan fingerprint density at radius 2 is 1.52 bits per heavy atom. The maximum atomic E-state index is 13.0. The van der Waals surface area contributed by atoms with Gasteiger partial charge in [-0.1, -0.05) is 77.9 Å². The number of hydrogen-bond acceptors (Lipinski definition) is 2. The predicted molar refractivity (Wildman–Crippen MR) is 132 cm³/mol. The van der Waals surface area contributed by atoms with E-state index in [1.165, 1.54) is 5.56 Å². The second-order valence-electron chi connectivity index (χ2n) is 7.75. The number of aryl methyl sites for hydroxylation is 2. The molecule has 1 amide bonds. The molecule has 0 radical (unpaired) electrons. The van der Waals surface area contributed by atoms with E-state index in [0.717, 1.165) is 22.5 Å². The van der Waals surface area contributed by atoms with Gasteiger partial charge in [0.15, 0.2) is 5.11 Å². The Morgan fingerprint density at radius 1 is 0.903 bits per heavy atom. The molecule has 0 unspecified atom stereocenters. The Kier molecular flexibility index (Phi) is 6.14. The Hall–Kier alpha value is -3.44. The van der Waals surface area contributed by atoms with Gasteiger partial charge in [-0.25, -0.2) is 0 Å². The van der Waals surface area contributed by atoms with Gasteiger partial charge in [-0.05, 0) is 55.9 Å². The van der Waals surface area contributed by atoms with Gasteiger partial charge in [0.05, 0.1) is 6.04 Å². The zero-order valence-corrected chi connectivity index (χ0v) is 18.4. The third-order valence-corrected chi connectivity index (χ3v) is 5.56. The third kappa shape index (κ3) is 4.84. The number of anilines is 2. The summed E-state index contributed by atoms with van der Waals surface area (Å²) < 4.78 is 0. The van der Waals surface area contributed by atoms with Crippen molar-refractivity contribution >= 4 is 40.7 Å². The van der Waals surface area contributed by atoms with E-state index in [1.807, 2.05) is 104 Å². The molecular weight excluding hydrogens is 402 g/mol. The number of rotatable bonds is 5. The van der Waals surface area contributed by atoms with Crippen LogP contribution in [0, 0.1) is 13.8 Å². The van der Waals surface area contributed by atoms with Crippen molar-refractivity contribution in [3.05, 3.63) is 102 Å². The molecule has 2 N–H and O–H groups in total. The lowest BCUT2D eigenvalue weighted by atomic mass is 9.92. The summed E-state index contributed by atoms with van der Waals surface area (Å²) >= 11 is 5.48. The van der Waals surface area contributed by atoms with E-state index in [1.54, 1.807) is 0 Å². The number of nitrogens with one attached hydrogen (secondary N) is 2. The number of carbonyl (C=O) groups is 1. The minimum absolute atomic E-state index is 0.000351. The van der Waals surface area contributed by atoms with E-state index in [0.29, 0.717) is 5.11 Å². The second kappa shape index (κ2) is 9.14. The van der Waals surface area contributed by atoms with Crippen LogP contribution in [-0.4, -0.2) is 23.1 Å². The Morgan fingerprint density at radius 3 is 2.16 bits per heavy atom. The van der Waals surface area contributed by atoms with Crippen LogP contribution in [0.2, 0.25) is 0 Å². The van der Waals surface area contributed by atoms with E-state index in [-0.39, 0.29) is 11.9 Å². The number of hydrogen-bond donors (Lipinski definition) is 2. The van der Waals surface area contributed by atoms with Gasteiger partial charge in [0.1, 0.15) is 6.04 Å². The quantitative estimate of drug-likeness (QED) is 0.440. The van der Waals surface area contributed by atoms with Gasteiger partial charge in [-0.2, -0.15) is 0 Å². The minimum atomic E-state index is -0.424. The van der Waals surface area contributed by atoms with E-state index < -0.39 is 6.04 Å². The lowest BCUT2D eigenvalue weighted by Gasteiger charge is -2.46. The highest BCUT2D eigenvalue weighted by Crippen LogP contribution is 2.30. The lowest BCUT2D eigenvalue weighted by molar-refractivity contribution is -0.125. The lowest BCUT2D eigenvalue weighted by Crippen LogP contribution is -2.70. The molecule has 0 saturated carbocycles. The monoisotopic (exact) mass is 427 g/mol. The van der Waals surface area contributed by atoms with Crippen LogP contribution < -0.4 is 15.5 Å². The van der Waals surface area contributed by atoms with Crippen molar-refractivity contribution in [2.75, 3.05) is 10.2 Å². The van der Waals surface area contributed by atoms with Crippen LogP contribution in [0.25, 0.3) is 6.08 Å². The predicted octanol–water partition coefficient (Wildman–Crippen LogP) is 5.09. The van der Waals surface area contributed by atoms with E-state index in [2.05, 4.69) is 16.7 Å². The van der Waals surface area contributed by atoms with Crippen LogP contribution in [0.3, 0.4) is 0 Å². The molecule has 1 heterocycles. The molecule has 1 saturated heterocycles. The fourth-order valence-electron chi connectivity index (χ4n) is 3.58. The molecule has 0 spiro atoms. The fourth-order valence-corrected chi connectivity index (χ4v) is 3.82. The molecule has 3 aromatic rings. The summed E-state index contributed by atoms with van der Waals surface area (Å²) in [5.41, 5.74) is 5.20. The van der Waals surface area contributed by atoms with Gasteiger partial charge in [0.25, 0.3) is 5.91 Å². The highest BCUT2D eigenvalue weighted by atomic mass is 32.1. The van der Waals surface area contributed by atoms with Gasteiger partial charge in [-0.3, -0.25) is 4.79 Å². The molecule has 31 heavy (non-hydrogen) atoms. The summed E-state index contributed by atoms with van der Waals surface area (Å²) in [5, 5.41) is 6.81. The second-order valence-corrected chi connectivity index (χ2v) is 8.15. The average Bonchev–Trinajstić information content (AvgIpc) is 2.78. The number of thiocarbonyl (C=S) groups is 1. The largest absolute Gasteiger partial charge is 0.349 e. The third-order valence-electron chi connectivity index (χ3n) is 5.34. The fraction of sp³-hybridized carbons (Fsp3) is 0.154. The van der Waals surface area contributed by atoms with Crippen molar-refractivity contribution in [2.24, 2.45) is 0 Å². The first-order valence-electron chi connectivity index (χ1n) is 10.3. The molecule has 4 nitrogen and oxygen atoms in total. The molecule has 1 aliphatic heterocycles. The molecule has 1 fully saturated rings. The first-order chi connectivity index (χ1) is 15.0. The molecule has 4 rings (SSSR count). The van der Waals surface area contributed by atoms with Crippen molar-refractivity contribution in [3.8, 4) is 0 Å². The molecule has 2 atom stereocenters. The van der Waals surface area contributed by atoms with Gasteiger partial charge >= 0.3 is 0 Å². The van der Waals surface area contributed by atoms with Crippen molar-refractivity contribution in [2.45, 2.75) is 25.9 Å². The van der Waals surface area contributed by atoms with Crippen LogP contribution in [0.15, 0.2) is 84.9 Å². The maximum absolute atomic E-state index is 13.0. The molecule has 0 aliphatic carbocycles. The highest BCUT2D eigenvalue weighted by Gasteiger charge is 2.47. The van der Waals surface area contributed by atoms with E-state index >= 15 is 0 Å². The molecule has 156 valence electrons. The highest BCUT2D eigenvalue weighted by molar-refractivity contribution is 7.80. The van der Waals surface area contributed by atoms with Gasteiger partial charge < -0.3 is 15.5 Å². The number of nitrogens with zero attached hydrogens (tertiary/aromatic N) is 1. The molecule has 5 heteroatoms. The molecule has 0 aromatic heterocycles. The summed E-state index contributed by atoms with van der Waals surface area (Å²) in [6.45, 7) is 4.07. The molecule has 1 aliphatic rings. The Labute approximate surface area is 188 Å². The number of amides is 1. The maximum Gasteiger partial charge on any atom is 0.252 e. The van der Waals surface area contributed by atoms with Crippen LogP contribution >= 0.6 is 12.2 Å². The Bertz CT molecular complexity index is 1090. The van der Waals surface area contributed by atoms with Gasteiger partial charge in [0, 0.05) is 11.4 Å². The molecular formula is C26H25N3OS. The summed E-state index contributed by atoms with van der Waals surface area (Å²) in [5.74, 6) is -0.000351. The van der Waals surface area contributed by atoms with Crippen LogP contribution in [0.4, 0.5) is 11.4 Å². The topological polar surface area (TPSA) is 44.4 Å². The zero-order chi connectivity index (χ0) is 21.8. The first kappa shape index (κ1) is 20.8. The summed E-state index contributed by atoms with van der Waals surface area (Å²) in [6.07, 6.45) is 4.10. The Balaban J connectivity index is 1.52. The van der Waals surface area contributed by atoms with Gasteiger partial charge in [0.2, 0.25) is 0 Å². The van der Waals surface area contributed by atoms with Crippen molar-refractivity contribution in [3.63, 3.8) is 0 Å². The number of benzene rings is 3. The van der Waals surface area contributed by atoms with E-state index in [4.69, 9.17) is 12.2 Å². The average molecular weight is 428 g/mol. The summed E-state index contributed by atoms with van der Waals surface area (Å²) in [6, 6.07) is 25.5. The number of carbonyl (C=O) groups excluding carboxylic acids is 1. The van der Waals surface area contributed by atoms with Crippen LogP contribution in [0.5, 0.6) is 0 Å². The van der Waals surface area contributed by atoms with Crippen LogP contribution in [0.1, 0.15) is 16.7 Å². The van der Waals surface area contributed by atoms with Crippen molar-refractivity contribution in [1.29, 1.82) is 0 Å². The zero-order valence-electron chi connectivity index (χ0n) is 17.6. The minimum Gasteiger partial charge on any atom is -0.349 e. The van der Waals surface area contributed by atoms with Crippen LogP contribution in [-0.2, 0) is 4.79 Å². The van der Waals surface area contributed by atoms with Crippen molar-refractivity contribution in [1.82, 2.24) is 5.32 Å². The standard InChI is InChI=1S/C26H25N3OS/c1-18-8-13-21(14-9-18)27-26(31)28-24-23(17-12-20-6-4-3-5-7-20)29(25(24)30)22-15-10-19(2)11-16-22/h3-17,23-24H,1-2H3,(H2,27,28,31)/b17-12+/t23-,24+/m1/s1. The SMILES string of the molecule is Cc1ccc(NC(=S)N[C@@H]2C(=O)N(c3ccc(C)cc3)[C@@H]2/C=C/c2ccccc2)cc1. The normalized spacial score (nSPS) is 18.0. The van der Waals surface area contributed by atoms with Crippen molar-refractivity contribution < 1.29 is 4.79 Å². The first-order valence-corrected chi connectivity index (χ1v) is 10.7. The number of β-lactam (4-membered cyclic amide) rings is 1. The summed E-state index contributed by atoms with van der Waals surface area (Å²) in [7, 11) is 0. The molecule has 3 aromatic carbocycles. The summed E-state index contributed by atoms with van der Waals surface area (Å²) in [4.78, 5) is 14.9. The smallest absolute Gasteiger partial charge is 0.252 e. The van der Waals surface area contributed by atoms with Gasteiger partial charge in [-0.15, -0.1) is 0 Å². The van der Waals surface area contributed by atoms with E-state index in [9.17, 15) is 4.79 Å².